The molecule has 1 rings (SSSR count). The van der Waals surface area contributed by atoms with Gasteiger partial charge in [-0.25, -0.2) is 4.98 Å². The third-order valence-corrected chi connectivity index (χ3v) is 2.26. The van der Waals surface area contributed by atoms with Crippen molar-refractivity contribution in [1.29, 1.82) is 0 Å². The first-order chi connectivity index (χ1) is 6.27. The smallest absolute Gasteiger partial charge is 0.171 e. The quantitative estimate of drug-likeness (QED) is 0.252. The van der Waals surface area contributed by atoms with Crippen LogP contribution < -0.4 is 5.73 Å². The lowest BCUT2D eigenvalue weighted by Crippen LogP contribution is -2.13. The highest BCUT2D eigenvalue weighted by Gasteiger charge is 1.99. The monoisotopic (exact) mass is 197 g/mol. The van der Waals surface area contributed by atoms with E-state index in [1.54, 1.807) is 24.0 Å². The van der Waals surface area contributed by atoms with Crippen molar-refractivity contribution >= 4 is 17.6 Å². The Hall–Kier alpha value is -1.23. The Kier molecular flexibility index (Phi) is 3.57. The third kappa shape index (κ3) is 2.62. The van der Waals surface area contributed by atoms with Gasteiger partial charge in [-0.2, -0.15) is 0 Å². The van der Waals surface area contributed by atoms with Crippen LogP contribution in [-0.2, 0) is 0 Å². The van der Waals surface area contributed by atoms with Gasteiger partial charge in [0.1, 0.15) is 0 Å². The van der Waals surface area contributed by atoms with Crippen molar-refractivity contribution in [2.24, 2.45) is 10.9 Å². The summed E-state index contributed by atoms with van der Waals surface area (Å²) in [5.41, 5.74) is 6.00. The fourth-order valence-electron chi connectivity index (χ4n) is 0.823. The molecule has 0 saturated carbocycles. The Morgan fingerprint density at radius 3 is 2.92 bits per heavy atom. The van der Waals surface area contributed by atoms with E-state index < -0.39 is 0 Å². The molecule has 0 aliphatic rings. The normalized spacial score (nSPS) is 11.6. The average molecular weight is 197 g/mol. The minimum absolute atomic E-state index is 0.0838. The highest BCUT2D eigenvalue weighted by molar-refractivity contribution is 7.99. The van der Waals surface area contributed by atoms with Crippen LogP contribution in [0.1, 0.15) is 12.5 Å². The number of hydrogen-bond donors (Lipinski definition) is 2. The van der Waals surface area contributed by atoms with Gasteiger partial charge in [-0.15, -0.1) is 11.8 Å². The van der Waals surface area contributed by atoms with E-state index in [2.05, 4.69) is 17.1 Å². The highest BCUT2D eigenvalue weighted by Crippen LogP contribution is 2.13. The summed E-state index contributed by atoms with van der Waals surface area (Å²) in [4.78, 5) is 4.13. The van der Waals surface area contributed by atoms with Crippen LogP contribution in [-0.4, -0.2) is 21.8 Å². The van der Waals surface area contributed by atoms with Gasteiger partial charge in [0, 0.05) is 11.8 Å². The van der Waals surface area contributed by atoms with Crippen LogP contribution in [0.15, 0.2) is 28.5 Å². The lowest BCUT2D eigenvalue weighted by atomic mass is 10.3. The lowest BCUT2D eigenvalue weighted by molar-refractivity contribution is 0.318. The summed E-state index contributed by atoms with van der Waals surface area (Å²) >= 11 is 1.65. The summed E-state index contributed by atoms with van der Waals surface area (Å²) < 4.78 is 0. The van der Waals surface area contributed by atoms with Crippen LogP contribution in [0.25, 0.3) is 0 Å². The van der Waals surface area contributed by atoms with Crippen molar-refractivity contribution in [2.45, 2.75) is 11.9 Å². The van der Waals surface area contributed by atoms with E-state index in [-0.39, 0.29) is 5.84 Å². The zero-order valence-corrected chi connectivity index (χ0v) is 8.08. The van der Waals surface area contributed by atoms with E-state index in [0.29, 0.717) is 5.56 Å². The molecule has 0 atom stereocenters. The summed E-state index contributed by atoms with van der Waals surface area (Å²) in [7, 11) is 0. The zero-order valence-electron chi connectivity index (χ0n) is 7.27. The molecule has 0 fully saturated rings. The molecule has 0 spiro atoms. The zero-order chi connectivity index (χ0) is 9.68. The minimum Gasteiger partial charge on any atom is -0.409 e. The van der Waals surface area contributed by atoms with E-state index in [4.69, 9.17) is 10.9 Å². The predicted octanol–water partition coefficient (Wildman–Crippen LogP) is 1.29. The number of nitrogens with two attached hydrogens (primary N) is 1. The van der Waals surface area contributed by atoms with Crippen molar-refractivity contribution in [1.82, 2.24) is 4.98 Å². The number of amidine groups is 1. The molecule has 4 nitrogen and oxygen atoms in total. The second-order valence-corrected chi connectivity index (χ2v) is 3.59. The van der Waals surface area contributed by atoms with Crippen molar-refractivity contribution in [3.63, 3.8) is 0 Å². The summed E-state index contributed by atoms with van der Waals surface area (Å²) in [6.07, 6.45) is 1.59. The summed E-state index contributed by atoms with van der Waals surface area (Å²) in [5.74, 6) is 1.07. The number of pyridine rings is 1. The summed E-state index contributed by atoms with van der Waals surface area (Å²) in [5, 5.41) is 12.2. The molecule has 0 aliphatic carbocycles. The first-order valence-electron chi connectivity index (χ1n) is 3.84. The second kappa shape index (κ2) is 4.71. The van der Waals surface area contributed by atoms with Gasteiger partial charge in [0.2, 0.25) is 0 Å². The number of rotatable bonds is 3. The summed E-state index contributed by atoms with van der Waals surface area (Å²) in [6, 6.07) is 3.63. The van der Waals surface area contributed by atoms with Gasteiger partial charge in [-0.1, -0.05) is 12.1 Å². The minimum atomic E-state index is 0.0838. The van der Waals surface area contributed by atoms with E-state index in [1.165, 1.54) is 0 Å². The van der Waals surface area contributed by atoms with Gasteiger partial charge in [0.05, 0.1) is 5.03 Å². The van der Waals surface area contributed by atoms with Crippen LogP contribution in [0.5, 0.6) is 0 Å². The van der Waals surface area contributed by atoms with Gasteiger partial charge in [0.25, 0.3) is 0 Å². The van der Waals surface area contributed by atoms with Crippen molar-refractivity contribution < 1.29 is 5.21 Å². The number of nitrogens with zero attached hydrogens (tertiary/aromatic N) is 2. The van der Waals surface area contributed by atoms with Crippen molar-refractivity contribution in [3.8, 4) is 0 Å². The van der Waals surface area contributed by atoms with E-state index in [1.807, 2.05) is 6.07 Å². The first-order valence-corrected chi connectivity index (χ1v) is 4.83. The number of aromatic nitrogens is 1. The van der Waals surface area contributed by atoms with Crippen LogP contribution in [0, 0.1) is 0 Å². The molecule has 13 heavy (non-hydrogen) atoms. The molecular weight excluding hydrogens is 186 g/mol. The SMILES string of the molecule is CCSc1ccc(C(N)=NO)cn1. The van der Waals surface area contributed by atoms with Crippen LogP contribution in [0.4, 0.5) is 0 Å². The van der Waals surface area contributed by atoms with Gasteiger partial charge in [0.15, 0.2) is 5.84 Å². The maximum Gasteiger partial charge on any atom is 0.171 e. The largest absolute Gasteiger partial charge is 0.409 e. The summed E-state index contributed by atoms with van der Waals surface area (Å²) in [6.45, 7) is 2.06. The molecule has 70 valence electrons. The molecular formula is C8H11N3OS. The standard InChI is InChI=1S/C8H11N3OS/c1-2-13-7-4-3-6(5-10-7)8(9)11-12/h3-5,12H,2H2,1H3,(H2,9,11). The molecule has 5 heteroatoms. The molecule has 0 saturated heterocycles. The van der Waals surface area contributed by atoms with E-state index in [9.17, 15) is 0 Å². The maximum atomic E-state index is 8.39. The molecule has 0 aliphatic heterocycles. The third-order valence-electron chi connectivity index (χ3n) is 1.43. The average Bonchev–Trinajstić information content (AvgIpc) is 2.18. The van der Waals surface area contributed by atoms with Crippen LogP contribution in [0.3, 0.4) is 0 Å². The first kappa shape index (κ1) is 9.85. The van der Waals surface area contributed by atoms with Crippen LogP contribution >= 0.6 is 11.8 Å². The molecule has 0 radical (unpaired) electrons. The molecule has 0 unspecified atom stereocenters. The molecule has 0 bridgehead atoms. The number of hydrogen-bond acceptors (Lipinski definition) is 4. The van der Waals surface area contributed by atoms with Gasteiger partial charge in [-0.3, -0.25) is 0 Å². The topological polar surface area (TPSA) is 71.5 Å². The molecule has 1 aromatic heterocycles. The van der Waals surface area contributed by atoms with E-state index in [0.717, 1.165) is 10.8 Å². The Morgan fingerprint density at radius 1 is 1.69 bits per heavy atom. The Balaban J connectivity index is 2.81. The molecule has 1 heterocycles. The lowest BCUT2D eigenvalue weighted by Gasteiger charge is -1.99. The number of thioether (sulfide) groups is 1. The Labute approximate surface area is 80.9 Å². The van der Waals surface area contributed by atoms with Crippen LogP contribution in [0.2, 0.25) is 0 Å². The fraction of sp³-hybridized carbons (Fsp3) is 0.250. The van der Waals surface area contributed by atoms with Crippen molar-refractivity contribution in [3.05, 3.63) is 23.9 Å². The van der Waals surface area contributed by atoms with Gasteiger partial charge >= 0.3 is 0 Å². The van der Waals surface area contributed by atoms with Gasteiger partial charge in [-0.05, 0) is 17.9 Å². The molecule has 0 amide bonds. The predicted molar refractivity (Wildman–Crippen MR) is 53.1 cm³/mol. The second-order valence-electron chi connectivity index (χ2n) is 2.30. The van der Waals surface area contributed by atoms with Crippen molar-refractivity contribution in [2.75, 3.05) is 5.75 Å². The number of oxime groups is 1. The Bertz CT molecular complexity index is 297. The highest BCUT2D eigenvalue weighted by atomic mass is 32.2. The van der Waals surface area contributed by atoms with E-state index >= 15 is 0 Å². The molecule has 1 aromatic rings. The van der Waals surface area contributed by atoms with Gasteiger partial charge < -0.3 is 10.9 Å². The Morgan fingerprint density at radius 2 is 2.46 bits per heavy atom. The molecule has 0 aromatic carbocycles. The fourth-order valence-corrected chi connectivity index (χ4v) is 1.41. The molecule has 3 N–H and O–H groups in total. The maximum absolute atomic E-state index is 8.39.